The number of thiophene rings is 1. The molecule has 0 unspecified atom stereocenters. The summed E-state index contributed by atoms with van der Waals surface area (Å²) in [6.45, 7) is 4.15. The van der Waals surface area contributed by atoms with Crippen LogP contribution in [0.25, 0.3) is 0 Å². The quantitative estimate of drug-likeness (QED) is 0.490. The predicted molar refractivity (Wildman–Crippen MR) is 111 cm³/mol. The second kappa shape index (κ2) is 8.93. The number of nitrogens with one attached hydrogen (secondary N) is 1. The molecule has 2 heterocycles. The summed E-state index contributed by atoms with van der Waals surface area (Å²) in [4.78, 5) is 39.0. The molecule has 1 aliphatic heterocycles. The van der Waals surface area contributed by atoms with E-state index in [-0.39, 0.29) is 41.9 Å². The number of hydrogen-bond donors (Lipinski definition) is 1. The fourth-order valence-corrected chi connectivity index (χ4v) is 4.74. The summed E-state index contributed by atoms with van der Waals surface area (Å²) in [5, 5.41) is 2.64. The number of ether oxygens (including phenoxy) is 2. The van der Waals surface area contributed by atoms with Crippen LogP contribution in [0.5, 0.6) is 0 Å². The van der Waals surface area contributed by atoms with Crippen LogP contribution in [-0.2, 0) is 20.7 Å². The minimum atomic E-state index is -0.760. The van der Waals surface area contributed by atoms with Gasteiger partial charge in [0.1, 0.15) is 11.4 Å². The first-order valence-electron chi connectivity index (χ1n) is 9.18. The second-order valence-electron chi connectivity index (χ2n) is 7.33. The average molecular weight is 454 g/mol. The zero-order valence-corrected chi connectivity index (χ0v) is 18.3. The number of carbonyl (C=O) groups excluding carboxylic acids is 3. The Morgan fingerprint density at radius 1 is 1.30 bits per heavy atom. The maximum absolute atomic E-state index is 13.3. The SMILES string of the molecule is COCC1(NC(=O)C(=O)c2sc(C)c(C(=O)Cc3ccc(F)c(Cl)c3)c2C)COC1. The van der Waals surface area contributed by atoms with Gasteiger partial charge >= 0.3 is 0 Å². The summed E-state index contributed by atoms with van der Waals surface area (Å²) in [7, 11) is 1.51. The highest BCUT2D eigenvalue weighted by molar-refractivity contribution is 7.15. The Kier molecular flexibility index (Phi) is 6.71. The van der Waals surface area contributed by atoms with E-state index < -0.39 is 23.0 Å². The topological polar surface area (TPSA) is 81.7 Å². The van der Waals surface area contributed by atoms with Gasteiger partial charge < -0.3 is 14.8 Å². The zero-order valence-electron chi connectivity index (χ0n) is 16.8. The van der Waals surface area contributed by atoms with E-state index in [0.717, 1.165) is 11.3 Å². The lowest BCUT2D eigenvalue weighted by atomic mass is 9.97. The molecule has 30 heavy (non-hydrogen) atoms. The Balaban J connectivity index is 1.78. The molecular weight excluding hydrogens is 433 g/mol. The number of aryl methyl sites for hydroxylation is 1. The summed E-state index contributed by atoms with van der Waals surface area (Å²) in [6, 6.07) is 4.10. The third-order valence-corrected chi connectivity index (χ3v) is 6.41. The standard InChI is InChI=1S/C21H21ClFNO5S/c1-11-17(16(25)7-13-4-5-15(23)14(22)6-13)12(2)30-19(11)18(26)20(27)24-21(8-28-3)9-29-10-21/h4-6H,7-10H2,1-3H3,(H,24,27). The number of hydrogen-bond acceptors (Lipinski definition) is 6. The molecule has 1 N–H and O–H groups in total. The number of amides is 1. The number of benzene rings is 1. The summed E-state index contributed by atoms with van der Waals surface area (Å²) in [5.41, 5.74) is 0.715. The minimum Gasteiger partial charge on any atom is -0.382 e. The summed E-state index contributed by atoms with van der Waals surface area (Å²) in [5.74, 6) is -2.25. The molecule has 1 saturated heterocycles. The van der Waals surface area contributed by atoms with Gasteiger partial charge in [0.05, 0.1) is 29.7 Å². The van der Waals surface area contributed by atoms with Gasteiger partial charge in [0.15, 0.2) is 5.78 Å². The van der Waals surface area contributed by atoms with Gasteiger partial charge in [-0.15, -0.1) is 11.3 Å². The first-order valence-corrected chi connectivity index (χ1v) is 10.4. The largest absolute Gasteiger partial charge is 0.382 e. The van der Waals surface area contributed by atoms with Crippen LogP contribution in [0, 0.1) is 19.7 Å². The highest BCUT2D eigenvalue weighted by Crippen LogP contribution is 2.30. The molecule has 1 amide bonds. The van der Waals surface area contributed by atoms with E-state index in [1.807, 2.05) is 0 Å². The van der Waals surface area contributed by atoms with Crippen LogP contribution in [0.3, 0.4) is 0 Å². The van der Waals surface area contributed by atoms with Crippen molar-refractivity contribution in [2.24, 2.45) is 0 Å². The third-order valence-electron chi connectivity index (χ3n) is 4.92. The van der Waals surface area contributed by atoms with Crippen LogP contribution in [-0.4, -0.2) is 49.9 Å². The smallest absolute Gasteiger partial charge is 0.293 e. The van der Waals surface area contributed by atoms with Crippen LogP contribution < -0.4 is 5.32 Å². The van der Waals surface area contributed by atoms with E-state index in [1.54, 1.807) is 13.8 Å². The molecule has 1 aromatic carbocycles. The molecule has 0 aliphatic carbocycles. The predicted octanol–water partition coefficient (Wildman–Crippen LogP) is 3.30. The third kappa shape index (κ3) is 4.46. The summed E-state index contributed by atoms with van der Waals surface area (Å²) in [6.07, 6.45) is 0.00648. The van der Waals surface area contributed by atoms with Crippen LogP contribution >= 0.6 is 22.9 Å². The molecule has 1 aromatic heterocycles. The van der Waals surface area contributed by atoms with Crippen molar-refractivity contribution in [2.75, 3.05) is 26.9 Å². The van der Waals surface area contributed by atoms with E-state index in [4.69, 9.17) is 21.1 Å². The molecule has 1 fully saturated rings. The lowest BCUT2D eigenvalue weighted by molar-refractivity contribution is -0.135. The molecule has 9 heteroatoms. The Morgan fingerprint density at radius 2 is 2.00 bits per heavy atom. The van der Waals surface area contributed by atoms with Crippen LogP contribution in [0.1, 0.15) is 36.0 Å². The Bertz CT molecular complexity index is 1020. The number of rotatable bonds is 8. The van der Waals surface area contributed by atoms with Crippen LogP contribution in [0.4, 0.5) is 4.39 Å². The molecule has 2 aromatic rings. The van der Waals surface area contributed by atoms with E-state index in [0.29, 0.717) is 21.6 Å². The number of Topliss-reactive ketones (excluding diaryl/α,β-unsaturated/α-hetero) is 2. The van der Waals surface area contributed by atoms with Crippen molar-refractivity contribution in [3.05, 3.63) is 55.5 Å². The Hall–Kier alpha value is -2.13. The van der Waals surface area contributed by atoms with E-state index in [2.05, 4.69) is 5.32 Å². The van der Waals surface area contributed by atoms with Crippen molar-refractivity contribution in [3.63, 3.8) is 0 Å². The van der Waals surface area contributed by atoms with Gasteiger partial charge in [-0.25, -0.2) is 4.39 Å². The second-order valence-corrected chi connectivity index (χ2v) is 8.96. The van der Waals surface area contributed by atoms with Gasteiger partial charge in [-0.2, -0.15) is 0 Å². The monoisotopic (exact) mass is 453 g/mol. The summed E-state index contributed by atoms with van der Waals surface area (Å²) < 4.78 is 23.6. The number of methoxy groups -OCH3 is 1. The normalized spacial score (nSPS) is 14.8. The molecule has 0 radical (unpaired) electrons. The highest BCUT2D eigenvalue weighted by atomic mass is 35.5. The Labute approximate surface area is 182 Å². The van der Waals surface area contributed by atoms with Crippen LogP contribution in [0.15, 0.2) is 18.2 Å². The van der Waals surface area contributed by atoms with Crippen LogP contribution in [0.2, 0.25) is 5.02 Å². The molecule has 0 saturated carbocycles. The van der Waals surface area contributed by atoms with Crippen molar-refractivity contribution >= 4 is 40.4 Å². The molecule has 0 bridgehead atoms. The minimum absolute atomic E-state index is 0.00648. The van der Waals surface area contributed by atoms with E-state index >= 15 is 0 Å². The van der Waals surface area contributed by atoms with Gasteiger partial charge in [-0.3, -0.25) is 14.4 Å². The molecule has 160 valence electrons. The lowest BCUT2D eigenvalue weighted by Gasteiger charge is -2.41. The molecular formula is C21H21ClFNO5S. The Morgan fingerprint density at radius 3 is 2.57 bits per heavy atom. The van der Waals surface area contributed by atoms with Crippen molar-refractivity contribution in [3.8, 4) is 0 Å². The van der Waals surface area contributed by atoms with E-state index in [9.17, 15) is 18.8 Å². The van der Waals surface area contributed by atoms with Crippen molar-refractivity contribution in [1.29, 1.82) is 0 Å². The number of ketones is 2. The van der Waals surface area contributed by atoms with Gasteiger partial charge in [-0.1, -0.05) is 17.7 Å². The molecule has 1 aliphatic rings. The van der Waals surface area contributed by atoms with Gasteiger partial charge in [0.25, 0.3) is 11.7 Å². The fourth-order valence-electron chi connectivity index (χ4n) is 3.42. The lowest BCUT2D eigenvalue weighted by Crippen LogP contribution is -2.65. The van der Waals surface area contributed by atoms with Crippen molar-refractivity contribution < 1.29 is 28.2 Å². The van der Waals surface area contributed by atoms with E-state index in [1.165, 1.54) is 25.3 Å². The van der Waals surface area contributed by atoms with Gasteiger partial charge in [-0.05, 0) is 37.1 Å². The molecule has 3 rings (SSSR count). The first-order chi connectivity index (χ1) is 14.2. The maximum atomic E-state index is 13.3. The zero-order chi connectivity index (χ0) is 22.1. The number of halogens is 2. The molecule has 0 spiro atoms. The van der Waals surface area contributed by atoms with Crippen molar-refractivity contribution in [2.45, 2.75) is 25.8 Å². The highest BCUT2D eigenvalue weighted by Gasteiger charge is 2.42. The van der Waals surface area contributed by atoms with Gasteiger partial charge in [0, 0.05) is 24.0 Å². The maximum Gasteiger partial charge on any atom is 0.293 e. The summed E-state index contributed by atoms with van der Waals surface area (Å²) >= 11 is 6.89. The van der Waals surface area contributed by atoms with Crippen molar-refractivity contribution in [1.82, 2.24) is 5.32 Å². The molecule has 0 atom stereocenters. The molecule has 6 nitrogen and oxygen atoms in total. The first kappa shape index (κ1) is 22.6. The fraction of sp³-hybridized carbons (Fsp3) is 0.381. The number of carbonyl (C=O) groups is 3. The average Bonchev–Trinajstić information content (AvgIpc) is 2.96. The van der Waals surface area contributed by atoms with Gasteiger partial charge in [0.2, 0.25) is 0 Å².